The predicted octanol–water partition coefficient (Wildman–Crippen LogP) is 3.64. The van der Waals surface area contributed by atoms with Crippen molar-refractivity contribution in [1.29, 1.82) is 0 Å². The van der Waals surface area contributed by atoms with E-state index in [1.165, 1.54) is 0 Å². The van der Waals surface area contributed by atoms with Gasteiger partial charge in [-0.25, -0.2) is 0 Å². The van der Waals surface area contributed by atoms with Crippen molar-refractivity contribution in [1.82, 2.24) is 5.32 Å². The number of halogens is 1. The molecular formula is C22H28ClN3O2. The van der Waals surface area contributed by atoms with Crippen LogP contribution in [0.3, 0.4) is 0 Å². The van der Waals surface area contributed by atoms with Gasteiger partial charge in [0.05, 0.1) is 6.42 Å². The van der Waals surface area contributed by atoms with Crippen LogP contribution in [0.2, 0.25) is 0 Å². The summed E-state index contributed by atoms with van der Waals surface area (Å²) in [5.41, 5.74) is 2.58. The highest BCUT2D eigenvalue weighted by molar-refractivity contribution is 5.94. The maximum atomic E-state index is 12.4. The second-order valence-corrected chi connectivity index (χ2v) is 7.11. The van der Waals surface area contributed by atoms with Crippen LogP contribution in [0.25, 0.3) is 0 Å². The Hall–Kier alpha value is -2.37. The molecule has 1 aliphatic heterocycles. The molecule has 0 saturated carbocycles. The smallest absolute Gasteiger partial charge is 0.231 e. The summed E-state index contributed by atoms with van der Waals surface area (Å²) in [6.45, 7) is 2.08. The van der Waals surface area contributed by atoms with Crippen molar-refractivity contribution < 1.29 is 9.59 Å². The first kappa shape index (κ1) is 21.9. The Morgan fingerprint density at radius 2 is 1.82 bits per heavy atom. The number of hydrogen-bond acceptors (Lipinski definition) is 3. The highest BCUT2D eigenvalue weighted by Gasteiger charge is 2.16. The quantitative estimate of drug-likeness (QED) is 0.744. The number of hydrogen-bond donors (Lipinski definition) is 2. The van der Waals surface area contributed by atoms with Crippen molar-refractivity contribution in [2.75, 3.05) is 30.4 Å². The minimum Gasteiger partial charge on any atom is -0.326 e. The van der Waals surface area contributed by atoms with E-state index in [2.05, 4.69) is 10.6 Å². The molecule has 0 radical (unpaired) electrons. The van der Waals surface area contributed by atoms with Gasteiger partial charge in [-0.3, -0.25) is 9.59 Å². The van der Waals surface area contributed by atoms with Gasteiger partial charge in [0.2, 0.25) is 11.8 Å². The molecule has 2 amide bonds. The molecule has 5 nitrogen and oxygen atoms in total. The van der Waals surface area contributed by atoms with Crippen molar-refractivity contribution in [2.24, 2.45) is 5.92 Å². The summed E-state index contributed by atoms with van der Waals surface area (Å²) in [5, 5.41) is 6.26. The molecule has 0 bridgehead atoms. The van der Waals surface area contributed by atoms with Crippen LogP contribution in [0.4, 0.5) is 11.4 Å². The molecule has 1 atom stereocenters. The number of anilines is 2. The van der Waals surface area contributed by atoms with E-state index in [0.29, 0.717) is 18.8 Å². The Morgan fingerprint density at radius 3 is 2.46 bits per heavy atom. The molecule has 150 valence electrons. The van der Waals surface area contributed by atoms with Gasteiger partial charge >= 0.3 is 0 Å². The lowest BCUT2D eigenvalue weighted by Crippen LogP contribution is -2.27. The summed E-state index contributed by atoms with van der Waals surface area (Å²) < 4.78 is 0. The number of carbonyl (C=O) groups is 2. The number of benzene rings is 2. The number of amides is 2. The van der Waals surface area contributed by atoms with Crippen LogP contribution >= 0.6 is 12.4 Å². The second kappa shape index (κ2) is 10.8. The van der Waals surface area contributed by atoms with E-state index < -0.39 is 0 Å². The molecule has 1 unspecified atom stereocenters. The molecule has 0 spiro atoms. The minimum absolute atomic E-state index is 0. The lowest BCUT2D eigenvalue weighted by Gasteiger charge is -2.17. The molecule has 2 aromatic carbocycles. The molecule has 1 heterocycles. The Bertz CT molecular complexity index is 759. The molecular weight excluding hydrogens is 374 g/mol. The summed E-state index contributed by atoms with van der Waals surface area (Å²) in [6, 6.07) is 17.1. The molecule has 1 saturated heterocycles. The van der Waals surface area contributed by atoms with Crippen LogP contribution < -0.4 is 15.5 Å². The van der Waals surface area contributed by atoms with Crippen molar-refractivity contribution in [3.63, 3.8) is 0 Å². The monoisotopic (exact) mass is 401 g/mol. The van der Waals surface area contributed by atoms with E-state index in [4.69, 9.17) is 0 Å². The number of para-hydroxylation sites is 1. The number of nitrogens with zero attached hydrogens (tertiary/aromatic N) is 1. The highest BCUT2D eigenvalue weighted by atomic mass is 35.5. The maximum absolute atomic E-state index is 12.4. The summed E-state index contributed by atoms with van der Waals surface area (Å²) in [6.07, 6.45) is 2.97. The Kier molecular flexibility index (Phi) is 8.48. The summed E-state index contributed by atoms with van der Waals surface area (Å²) in [5.74, 6) is 0.698. The SMILES string of the molecule is CN(C(=O)Cc1ccc(NC(=O)CCC2CCNC2)cc1)c1ccccc1.Cl. The van der Waals surface area contributed by atoms with Crippen LogP contribution in [0.15, 0.2) is 54.6 Å². The lowest BCUT2D eigenvalue weighted by molar-refractivity contribution is -0.118. The fourth-order valence-electron chi connectivity index (χ4n) is 3.31. The van der Waals surface area contributed by atoms with Gasteiger partial charge in [-0.1, -0.05) is 30.3 Å². The first-order valence-corrected chi connectivity index (χ1v) is 9.53. The first-order valence-electron chi connectivity index (χ1n) is 9.53. The largest absolute Gasteiger partial charge is 0.326 e. The van der Waals surface area contributed by atoms with E-state index in [0.717, 1.165) is 42.9 Å². The van der Waals surface area contributed by atoms with Crippen molar-refractivity contribution in [3.05, 3.63) is 60.2 Å². The molecule has 2 N–H and O–H groups in total. The number of carbonyl (C=O) groups excluding carboxylic acids is 2. The molecule has 0 aromatic heterocycles. The highest BCUT2D eigenvalue weighted by Crippen LogP contribution is 2.17. The van der Waals surface area contributed by atoms with Gasteiger partial charge in [-0.15, -0.1) is 12.4 Å². The van der Waals surface area contributed by atoms with E-state index in [1.807, 2.05) is 54.6 Å². The molecule has 28 heavy (non-hydrogen) atoms. The molecule has 6 heteroatoms. The number of likely N-dealkylation sites (N-methyl/N-ethyl adjacent to an activating group) is 1. The third-order valence-electron chi connectivity index (χ3n) is 5.05. The van der Waals surface area contributed by atoms with Crippen LogP contribution in [0.1, 0.15) is 24.8 Å². The lowest BCUT2D eigenvalue weighted by atomic mass is 10.0. The van der Waals surface area contributed by atoms with E-state index in [9.17, 15) is 9.59 Å². The maximum Gasteiger partial charge on any atom is 0.231 e. The second-order valence-electron chi connectivity index (χ2n) is 7.11. The van der Waals surface area contributed by atoms with Crippen LogP contribution in [-0.4, -0.2) is 32.0 Å². The molecule has 2 aromatic rings. The first-order chi connectivity index (χ1) is 13.1. The zero-order valence-corrected chi connectivity index (χ0v) is 17.0. The Labute approximate surface area is 172 Å². The van der Waals surface area contributed by atoms with Crippen molar-refractivity contribution >= 4 is 35.6 Å². The molecule has 3 rings (SSSR count). The fourth-order valence-corrected chi connectivity index (χ4v) is 3.31. The molecule has 0 aliphatic carbocycles. The topological polar surface area (TPSA) is 61.4 Å². The zero-order chi connectivity index (χ0) is 19.1. The number of nitrogens with one attached hydrogen (secondary N) is 2. The average Bonchev–Trinajstić information content (AvgIpc) is 3.21. The normalized spacial score (nSPS) is 15.5. The Balaban J connectivity index is 0.00000280. The number of rotatable bonds is 7. The third-order valence-corrected chi connectivity index (χ3v) is 5.05. The summed E-state index contributed by atoms with van der Waals surface area (Å²) in [7, 11) is 1.78. The van der Waals surface area contributed by atoms with Crippen LogP contribution in [-0.2, 0) is 16.0 Å². The van der Waals surface area contributed by atoms with E-state index in [1.54, 1.807) is 11.9 Å². The van der Waals surface area contributed by atoms with E-state index in [-0.39, 0.29) is 24.2 Å². The van der Waals surface area contributed by atoms with Crippen LogP contribution in [0.5, 0.6) is 0 Å². The minimum atomic E-state index is 0. The van der Waals surface area contributed by atoms with Gasteiger partial charge in [0.15, 0.2) is 0 Å². The fraction of sp³-hybridized carbons (Fsp3) is 0.364. The van der Waals surface area contributed by atoms with Gasteiger partial charge < -0.3 is 15.5 Å². The standard InChI is InChI=1S/C22H27N3O2.ClH/c1-25(20-5-3-2-4-6-20)22(27)15-17-7-10-19(11-8-17)24-21(26)12-9-18-13-14-23-16-18;/h2-8,10-11,18,23H,9,12-16H2,1H3,(H,24,26);1H. The summed E-state index contributed by atoms with van der Waals surface area (Å²) in [4.78, 5) is 26.2. The van der Waals surface area contributed by atoms with Gasteiger partial charge in [0, 0.05) is 24.8 Å². The van der Waals surface area contributed by atoms with Crippen molar-refractivity contribution in [2.45, 2.75) is 25.7 Å². The van der Waals surface area contributed by atoms with Gasteiger partial charge in [0.1, 0.15) is 0 Å². The Morgan fingerprint density at radius 1 is 1.11 bits per heavy atom. The summed E-state index contributed by atoms with van der Waals surface area (Å²) >= 11 is 0. The van der Waals surface area contributed by atoms with Gasteiger partial charge in [-0.05, 0) is 61.7 Å². The predicted molar refractivity (Wildman–Crippen MR) is 116 cm³/mol. The molecule has 1 fully saturated rings. The molecule has 1 aliphatic rings. The zero-order valence-electron chi connectivity index (χ0n) is 16.2. The van der Waals surface area contributed by atoms with Gasteiger partial charge in [-0.2, -0.15) is 0 Å². The van der Waals surface area contributed by atoms with E-state index >= 15 is 0 Å². The van der Waals surface area contributed by atoms with Crippen molar-refractivity contribution in [3.8, 4) is 0 Å². The van der Waals surface area contributed by atoms with Crippen LogP contribution in [0, 0.1) is 5.92 Å². The average molecular weight is 402 g/mol. The van der Waals surface area contributed by atoms with Gasteiger partial charge in [0.25, 0.3) is 0 Å². The third kappa shape index (κ3) is 6.36.